The average Bonchev–Trinajstić information content (AvgIpc) is 3.18. The van der Waals surface area contributed by atoms with Gasteiger partial charge in [0.05, 0.1) is 11.3 Å². The van der Waals surface area contributed by atoms with Crippen molar-refractivity contribution in [3.05, 3.63) is 99.7 Å². The van der Waals surface area contributed by atoms with Crippen LogP contribution in [0.3, 0.4) is 0 Å². The Morgan fingerprint density at radius 1 is 1.06 bits per heavy atom. The van der Waals surface area contributed by atoms with Gasteiger partial charge >= 0.3 is 5.97 Å². The standard InChI is InChI=1S/C25H21FN2O3S/c1-15-5-4-6-18(22(15)26)13-21-23(19-7-2-3-8-20(19)29)28-25(32-21)27-14-16-9-11-17(12-10-16)24(30)31/h2-12,29H,13-14H2,1H3,(H,27,28)(H,30,31). The first-order valence-corrected chi connectivity index (χ1v) is 10.8. The third-order valence-electron chi connectivity index (χ3n) is 5.12. The summed E-state index contributed by atoms with van der Waals surface area (Å²) in [4.78, 5) is 16.5. The predicted octanol–water partition coefficient (Wildman–Crippen LogP) is 5.86. The van der Waals surface area contributed by atoms with Crippen LogP contribution >= 0.6 is 11.3 Å². The molecule has 3 aromatic carbocycles. The number of rotatable bonds is 7. The van der Waals surface area contributed by atoms with Gasteiger partial charge in [0.25, 0.3) is 0 Å². The maximum Gasteiger partial charge on any atom is 0.335 e. The van der Waals surface area contributed by atoms with E-state index in [1.807, 2.05) is 12.1 Å². The number of aryl methyl sites for hydroxylation is 1. The van der Waals surface area contributed by atoms with E-state index in [2.05, 4.69) is 10.3 Å². The normalized spacial score (nSPS) is 10.8. The lowest BCUT2D eigenvalue weighted by Crippen LogP contribution is -2.00. The summed E-state index contributed by atoms with van der Waals surface area (Å²) < 4.78 is 14.6. The molecule has 162 valence electrons. The number of hydrogen-bond acceptors (Lipinski definition) is 5. The SMILES string of the molecule is Cc1cccc(Cc2sc(NCc3ccc(C(=O)O)cc3)nc2-c2ccccc2O)c1F. The van der Waals surface area contributed by atoms with Gasteiger partial charge in [0.1, 0.15) is 11.6 Å². The number of nitrogens with one attached hydrogen (secondary N) is 1. The second-order valence-corrected chi connectivity index (χ2v) is 8.47. The van der Waals surface area contributed by atoms with Crippen LogP contribution in [-0.4, -0.2) is 21.2 Å². The van der Waals surface area contributed by atoms with Crippen molar-refractivity contribution < 1.29 is 19.4 Å². The molecule has 3 N–H and O–H groups in total. The zero-order chi connectivity index (χ0) is 22.7. The van der Waals surface area contributed by atoms with Gasteiger partial charge in [-0.15, -0.1) is 11.3 Å². The Kier molecular flexibility index (Phi) is 6.18. The van der Waals surface area contributed by atoms with Crippen LogP contribution < -0.4 is 5.32 Å². The molecule has 0 bridgehead atoms. The number of carbonyl (C=O) groups is 1. The Hall–Kier alpha value is -3.71. The molecule has 0 aliphatic carbocycles. The zero-order valence-corrected chi connectivity index (χ0v) is 18.1. The third-order valence-corrected chi connectivity index (χ3v) is 6.14. The van der Waals surface area contributed by atoms with Crippen molar-refractivity contribution >= 4 is 22.4 Å². The molecule has 0 saturated carbocycles. The van der Waals surface area contributed by atoms with E-state index in [4.69, 9.17) is 5.11 Å². The minimum absolute atomic E-state index is 0.111. The van der Waals surface area contributed by atoms with Crippen LogP contribution in [0.4, 0.5) is 9.52 Å². The van der Waals surface area contributed by atoms with Crippen molar-refractivity contribution in [2.75, 3.05) is 5.32 Å². The maximum atomic E-state index is 14.6. The number of aromatic nitrogens is 1. The Balaban J connectivity index is 1.63. The first-order chi connectivity index (χ1) is 15.4. The van der Waals surface area contributed by atoms with E-state index in [1.165, 1.54) is 11.3 Å². The highest BCUT2D eigenvalue weighted by atomic mass is 32.1. The van der Waals surface area contributed by atoms with Crippen molar-refractivity contribution in [1.29, 1.82) is 0 Å². The fraction of sp³-hybridized carbons (Fsp3) is 0.120. The van der Waals surface area contributed by atoms with E-state index >= 15 is 0 Å². The number of nitrogens with zero attached hydrogens (tertiary/aromatic N) is 1. The molecule has 0 atom stereocenters. The van der Waals surface area contributed by atoms with E-state index in [0.717, 1.165) is 10.4 Å². The zero-order valence-electron chi connectivity index (χ0n) is 17.3. The van der Waals surface area contributed by atoms with Crippen LogP contribution in [-0.2, 0) is 13.0 Å². The highest BCUT2D eigenvalue weighted by Gasteiger charge is 2.18. The molecular formula is C25H21FN2O3S. The number of halogens is 1. The summed E-state index contributed by atoms with van der Waals surface area (Å²) in [5, 5.41) is 23.3. The van der Waals surface area contributed by atoms with E-state index in [9.17, 15) is 14.3 Å². The van der Waals surface area contributed by atoms with Gasteiger partial charge in [-0.3, -0.25) is 0 Å². The summed E-state index contributed by atoms with van der Waals surface area (Å²) in [6, 6.07) is 18.9. The average molecular weight is 449 g/mol. The lowest BCUT2D eigenvalue weighted by atomic mass is 10.0. The number of aromatic hydroxyl groups is 1. The minimum Gasteiger partial charge on any atom is -0.507 e. The van der Waals surface area contributed by atoms with Gasteiger partial charge in [-0.1, -0.05) is 42.5 Å². The van der Waals surface area contributed by atoms with Crippen LogP contribution in [0.25, 0.3) is 11.3 Å². The summed E-state index contributed by atoms with van der Waals surface area (Å²) >= 11 is 1.41. The number of carboxylic acids is 1. The maximum absolute atomic E-state index is 14.6. The number of para-hydroxylation sites is 1. The fourth-order valence-corrected chi connectivity index (χ4v) is 4.39. The van der Waals surface area contributed by atoms with Crippen molar-refractivity contribution in [2.24, 2.45) is 0 Å². The number of phenols is 1. The largest absolute Gasteiger partial charge is 0.507 e. The summed E-state index contributed by atoms with van der Waals surface area (Å²) in [6.07, 6.45) is 0.351. The highest BCUT2D eigenvalue weighted by Crippen LogP contribution is 2.37. The fourth-order valence-electron chi connectivity index (χ4n) is 3.39. The van der Waals surface area contributed by atoms with Gasteiger partial charge in [-0.05, 0) is 47.9 Å². The molecule has 0 aliphatic rings. The third kappa shape index (κ3) is 4.63. The van der Waals surface area contributed by atoms with Gasteiger partial charge in [0, 0.05) is 23.4 Å². The van der Waals surface area contributed by atoms with E-state index in [-0.39, 0.29) is 17.1 Å². The summed E-state index contributed by atoms with van der Waals surface area (Å²) in [5.74, 6) is -1.10. The molecule has 7 heteroatoms. The van der Waals surface area contributed by atoms with Crippen LogP contribution in [0.1, 0.15) is 31.9 Å². The van der Waals surface area contributed by atoms with Crippen molar-refractivity contribution in [3.8, 4) is 17.0 Å². The minimum atomic E-state index is -0.968. The molecule has 0 aliphatic heterocycles. The highest BCUT2D eigenvalue weighted by molar-refractivity contribution is 7.16. The monoisotopic (exact) mass is 448 g/mol. The smallest absolute Gasteiger partial charge is 0.335 e. The number of anilines is 1. The van der Waals surface area contributed by atoms with Crippen LogP contribution in [0.5, 0.6) is 5.75 Å². The molecule has 0 unspecified atom stereocenters. The van der Waals surface area contributed by atoms with Gasteiger partial charge in [-0.2, -0.15) is 0 Å². The molecule has 4 aromatic rings. The predicted molar refractivity (Wildman–Crippen MR) is 124 cm³/mol. The molecule has 0 spiro atoms. The van der Waals surface area contributed by atoms with E-state index in [0.29, 0.717) is 40.5 Å². The van der Waals surface area contributed by atoms with Crippen molar-refractivity contribution in [2.45, 2.75) is 19.9 Å². The Bertz CT molecular complexity index is 1270. The molecule has 1 heterocycles. The molecule has 4 rings (SSSR count). The summed E-state index contributed by atoms with van der Waals surface area (Å²) in [5.41, 5.74) is 3.48. The Morgan fingerprint density at radius 2 is 1.81 bits per heavy atom. The van der Waals surface area contributed by atoms with E-state index < -0.39 is 5.97 Å². The van der Waals surface area contributed by atoms with Crippen LogP contribution in [0.15, 0.2) is 66.7 Å². The molecule has 1 aromatic heterocycles. The number of aromatic carboxylic acids is 1. The molecule has 0 saturated heterocycles. The Labute approximate surface area is 188 Å². The number of carboxylic acid groups (broad SMARTS) is 1. The number of phenolic OH excluding ortho intramolecular Hbond substituents is 1. The summed E-state index contributed by atoms with van der Waals surface area (Å²) in [7, 11) is 0. The molecule has 0 amide bonds. The Morgan fingerprint density at radius 3 is 2.53 bits per heavy atom. The van der Waals surface area contributed by atoms with Crippen molar-refractivity contribution in [3.63, 3.8) is 0 Å². The quantitative estimate of drug-likeness (QED) is 0.330. The number of thiazole rings is 1. The molecule has 5 nitrogen and oxygen atoms in total. The second-order valence-electron chi connectivity index (χ2n) is 7.39. The van der Waals surface area contributed by atoms with Gasteiger partial charge in [-0.25, -0.2) is 14.2 Å². The summed E-state index contributed by atoms with van der Waals surface area (Å²) in [6.45, 7) is 2.18. The van der Waals surface area contributed by atoms with Crippen molar-refractivity contribution in [1.82, 2.24) is 4.98 Å². The first kappa shape index (κ1) is 21.5. The first-order valence-electron chi connectivity index (χ1n) is 10.0. The molecule has 0 fully saturated rings. The van der Waals surface area contributed by atoms with Gasteiger partial charge < -0.3 is 15.5 Å². The molecule has 0 radical (unpaired) electrons. The number of hydrogen-bond donors (Lipinski definition) is 3. The lowest BCUT2D eigenvalue weighted by Gasteiger charge is -2.07. The van der Waals surface area contributed by atoms with Crippen LogP contribution in [0.2, 0.25) is 0 Å². The second kappa shape index (κ2) is 9.20. The molecule has 32 heavy (non-hydrogen) atoms. The van der Waals surface area contributed by atoms with Crippen LogP contribution in [0, 0.1) is 12.7 Å². The molecular weight excluding hydrogens is 427 g/mol. The lowest BCUT2D eigenvalue weighted by molar-refractivity contribution is 0.0697. The number of benzene rings is 3. The topological polar surface area (TPSA) is 82.5 Å². The van der Waals surface area contributed by atoms with E-state index in [1.54, 1.807) is 61.5 Å². The van der Waals surface area contributed by atoms with Gasteiger partial charge in [0.2, 0.25) is 0 Å². The van der Waals surface area contributed by atoms with Gasteiger partial charge in [0.15, 0.2) is 5.13 Å².